The van der Waals surface area contributed by atoms with Crippen LogP contribution in [0.2, 0.25) is 0 Å². The van der Waals surface area contributed by atoms with Gasteiger partial charge in [-0.05, 0) is 159 Å². The molecule has 4 aromatic heterocycles. The highest BCUT2D eigenvalue weighted by Gasteiger charge is 2.31. The highest BCUT2D eigenvalue weighted by molar-refractivity contribution is 7.30. The molecule has 0 atom stereocenters. The summed E-state index contributed by atoms with van der Waals surface area (Å²) in [5, 5.41) is 18.4. The molecule has 2 aliphatic carbocycles. The fourth-order valence-corrected chi connectivity index (χ4v) is 12.6. The van der Waals surface area contributed by atoms with Gasteiger partial charge in [-0.25, -0.2) is 19.6 Å². The summed E-state index contributed by atoms with van der Waals surface area (Å²) in [4.78, 5) is 53.8. The third-order valence-corrected chi connectivity index (χ3v) is 17.0. The number of carbonyl (C=O) groups is 3. The number of aryl methyl sites for hydroxylation is 1. The van der Waals surface area contributed by atoms with Crippen molar-refractivity contribution in [1.82, 2.24) is 9.97 Å². The number of esters is 3. The van der Waals surface area contributed by atoms with Gasteiger partial charge in [-0.15, -0.1) is 43.1 Å². The number of anilines is 2. The van der Waals surface area contributed by atoms with Crippen LogP contribution in [0.1, 0.15) is 124 Å². The Kier molecular flexibility index (Phi) is 18.2. The maximum absolute atomic E-state index is 12.9. The van der Waals surface area contributed by atoms with Crippen LogP contribution >= 0.6 is 45.3 Å². The van der Waals surface area contributed by atoms with Crippen LogP contribution in [0.15, 0.2) is 75.1 Å². The van der Waals surface area contributed by atoms with E-state index in [4.69, 9.17) is 14.2 Å². The molecule has 0 radical (unpaired) electrons. The minimum absolute atomic E-state index is 0.0517. The number of rotatable bonds is 17. The van der Waals surface area contributed by atoms with Gasteiger partial charge in [-0.3, -0.25) is 4.79 Å². The molecule has 0 unspecified atom stereocenters. The second-order valence-electron chi connectivity index (χ2n) is 16.8. The van der Waals surface area contributed by atoms with Crippen LogP contribution in [0.25, 0.3) is 19.1 Å². The lowest BCUT2D eigenvalue weighted by Gasteiger charge is -2.27. The largest absolute Gasteiger partial charge is 0.466 e. The SMILES string of the molecule is CCC1CCC(OC(=O)c2cc3sc(N=Nc4ccc(N(CC)CC)cc4)nc3s2)CC1.CCOC(=O)C1CCC(OC(=O)c2sc3nc(N=Nc4ccc(N(CC)CC)cc4)sc3c2C)CC1. The molecular weight excluding hydrogens is 937 g/mol. The van der Waals surface area contributed by atoms with Crippen molar-refractivity contribution >= 4 is 115 Å². The first kappa shape index (κ1) is 50.7. The first-order valence-electron chi connectivity index (χ1n) is 23.9. The standard InChI is InChI=1S/C26H32N4O4S2.C24H30N4O2S2/c1-5-30(6-2)19-12-10-18(11-13-19)28-29-26-27-23-21(36-26)16(4)22(35-23)25(32)34-20-14-8-17(9-15-20)24(31)33-7-3;1-4-16-7-13-19(14-8-16)30-23(29)21-15-20-22(31-21)25-24(32-20)27-26-17-9-11-18(12-10-17)28(5-2)6-3/h10-13,17,20H,5-9,14-15H2,1-4H3;9-12,15-16,19H,4-8,13-14H2,1-3H3. The lowest BCUT2D eigenvalue weighted by molar-refractivity contribution is -0.149. The van der Waals surface area contributed by atoms with Crippen molar-refractivity contribution in [2.24, 2.45) is 32.3 Å². The summed E-state index contributed by atoms with van der Waals surface area (Å²) in [5.74, 6) is 0.00240. The molecule has 14 nitrogen and oxygen atoms in total. The van der Waals surface area contributed by atoms with Gasteiger partial charge in [-0.2, -0.15) is 0 Å². The van der Waals surface area contributed by atoms with Crippen LogP contribution in [0, 0.1) is 18.8 Å². The Labute approximate surface area is 414 Å². The van der Waals surface area contributed by atoms with Crippen molar-refractivity contribution < 1.29 is 28.6 Å². The topological polar surface area (TPSA) is 161 Å². The first-order chi connectivity index (χ1) is 33.0. The predicted molar refractivity (Wildman–Crippen MR) is 277 cm³/mol. The van der Waals surface area contributed by atoms with Crippen molar-refractivity contribution in [3.8, 4) is 0 Å². The van der Waals surface area contributed by atoms with Crippen LogP contribution in [0.5, 0.6) is 0 Å². The zero-order valence-corrected chi connectivity index (χ0v) is 43.3. The Bertz CT molecular complexity index is 2620. The normalized spacial score (nSPS) is 18.5. The number of thiophene rings is 2. The summed E-state index contributed by atoms with van der Waals surface area (Å²) in [6, 6.07) is 17.9. The van der Waals surface area contributed by atoms with E-state index < -0.39 is 0 Å². The number of fused-ring (bicyclic) bond motifs is 2. The number of thiazole rings is 2. The summed E-state index contributed by atoms with van der Waals surface area (Å²) in [7, 11) is 0. The number of benzene rings is 2. The Hall–Kier alpha value is -5.17. The number of aromatic nitrogens is 2. The van der Waals surface area contributed by atoms with E-state index in [9.17, 15) is 14.4 Å². The van der Waals surface area contributed by atoms with E-state index in [0.29, 0.717) is 52.3 Å². The molecule has 0 aliphatic heterocycles. The Morgan fingerprint density at radius 3 is 1.63 bits per heavy atom. The number of nitrogens with zero attached hydrogens (tertiary/aromatic N) is 8. The number of hydrogen-bond acceptors (Lipinski definition) is 18. The minimum atomic E-state index is -0.321. The van der Waals surface area contributed by atoms with E-state index in [1.807, 2.05) is 56.3 Å². The van der Waals surface area contributed by atoms with Gasteiger partial charge in [0.2, 0.25) is 10.3 Å². The van der Waals surface area contributed by atoms with Crippen molar-refractivity contribution in [3.63, 3.8) is 0 Å². The smallest absolute Gasteiger partial charge is 0.348 e. The maximum Gasteiger partial charge on any atom is 0.348 e. The third kappa shape index (κ3) is 12.9. The predicted octanol–water partition coefficient (Wildman–Crippen LogP) is 15.0. The van der Waals surface area contributed by atoms with E-state index in [1.165, 1.54) is 57.5 Å². The van der Waals surface area contributed by atoms with Gasteiger partial charge < -0.3 is 24.0 Å². The molecule has 0 N–H and O–H groups in total. The summed E-state index contributed by atoms with van der Waals surface area (Å²) in [6.07, 6.45) is 8.07. The summed E-state index contributed by atoms with van der Waals surface area (Å²) in [5.41, 5.74) is 4.77. The molecule has 0 amide bonds. The average Bonchev–Trinajstić information content (AvgIpc) is 4.14. The molecule has 68 heavy (non-hydrogen) atoms. The van der Waals surface area contributed by atoms with E-state index in [1.54, 1.807) is 0 Å². The molecule has 2 aliphatic rings. The fraction of sp³-hybridized carbons (Fsp3) is 0.500. The molecule has 2 aromatic carbocycles. The molecule has 2 saturated carbocycles. The average molecular weight is 999 g/mol. The third-order valence-electron chi connectivity index (χ3n) is 12.6. The Morgan fingerprint density at radius 1 is 0.618 bits per heavy atom. The molecule has 0 spiro atoms. The van der Waals surface area contributed by atoms with Gasteiger partial charge in [0.25, 0.3) is 0 Å². The van der Waals surface area contributed by atoms with Crippen LogP contribution in [0.3, 0.4) is 0 Å². The van der Waals surface area contributed by atoms with Crippen LogP contribution in [0.4, 0.5) is 33.0 Å². The monoisotopic (exact) mass is 998 g/mol. The number of ether oxygens (including phenoxy) is 3. The highest BCUT2D eigenvalue weighted by Crippen LogP contribution is 2.40. The van der Waals surface area contributed by atoms with Gasteiger partial charge in [0.05, 0.1) is 33.3 Å². The van der Waals surface area contributed by atoms with Crippen LogP contribution in [-0.4, -0.2) is 72.9 Å². The minimum Gasteiger partial charge on any atom is -0.466 e. The number of carbonyl (C=O) groups excluding carboxylic acids is 3. The zero-order chi connectivity index (χ0) is 48.2. The van der Waals surface area contributed by atoms with Crippen molar-refractivity contribution in [2.75, 3.05) is 42.6 Å². The lowest BCUT2D eigenvalue weighted by atomic mass is 9.86. The van der Waals surface area contributed by atoms with Gasteiger partial charge >= 0.3 is 17.9 Å². The van der Waals surface area contributed by atoms with Crippen molar-refractivity contribution in [1.29, 1.82) is 0 Å². The van der Waals surface area contributed by atoms with Crippen LogP contribution < -0.4 is 9.80 Å². The molecule has 0 bridgehead atoms. The molecule has 6 aromatic rings. The fourth-order valence-electron chi connectivity index (χ4n) is 8.57. The summed E-state index contributed by atoms with van der Waals surface area (Å²) in [6.45, 7) is 18.8. The number of hydrogen-bond donors (Lipinski definition) is 0. The molecule has 18 heteroatoms. The first-order valence-corrected chi connectivity index (χ1v) is 27.2. The van der Waals surface area contributed by atoms with Gasteiger partial charge in [0.1, 0.15) is 31.6 Å². The van der Waals surface area contributed by atoms with E-state index in [-0.39, 0.29) is 36.0 Å². The van der Waals surface area contributed by atoms with Gasteiger partial charge in [0.15, 0.2) is 0 Å². The molecule has 8 rings (SSSR count). The van der Waals surface area contributed by atoms with Gasteiger partial charge in [0, 0.05) is 37.6 Å². The molecular formula is C50H62N8O6S4. The van der Waals surface area contributed by atoms with Crippen molar-refractivity contribution in [2.45, 2.75) is 118 Å². The Balaban J connectivity index is 0.000000203. The Morgan fingerprint density at radius 2 is 1.13 bits per heavy atom. The van der Waals surface area contributed by atoms with E-state index in [0.717, 1.165) is 99.5 Å². The highest BCUT2D eigenvalue weighted by atomic mass is 32.1. The zero-order valence-electron chi connectivity index (χ0n) is 40.1. The quantitative estimate of drug-likeness (QED) is 0.0488. The van der Waals surface area contributed by atoms with E-state index >= 15 is 0 Å². The second-order valence-corrected chi connectivity index (χ2v) is 20.8. The second kappa shape index (κ2) is 24.4. The molecule has 4 heterocycles. The lowest BCUT2D eigenvalue weighted by Crippen LogP contribution is -2.29. The van der Waals surface area contributed by atoms with Crippen molar-refractivity contribution in [3.05, 3.63) is 69.9 Å². The molecule has 362 valence electrons. The number of azo groups is 2. The summed E-state index contributed by atoms with van der Waals surface area (Å²) < 4.78 is 18.5. The van der Waals surface area contributed by atoms with Crippen LogP contribution in [-0.2, 0) is 19.0 Å². The van der Waals surface area contributed by atoms with Gasteiger partial charge in [-0.1, -0.05) is 36.0 Å². The maximum atomic E-state index is 12.9. The van der Waals surface area contributed by atoms with E-state index in [2.05, 4.69) is 87.0 Å². The molecule has 2 fully saturated rings. The molecule has 0 saturated heterocycles. The summed E-state index contributed by atoms with van der Waals surface area (Å²) >= 11 is 5.56.